The van der Waals surface area contributed by atoms with Crippen LogP contribution in [0.15, 0.2) is 72.8 Å². The summed E-state index contributed by atoms with van der Waals surface area (Å²) in [5, 5.41) is 0. The Labute approximate surface area is 155 Å². The Bertz CT molecular complexity index is 1030. The van der Waals surface area contributed by atoms with Crippen molar-refractivity contribution >= 4 is 0 Å². The molecule has 0 amide bonds. The third-order valence-electron chi connectivity index (χ3n) is 4.59. The van der Waals surface area contributed by atoms with Crippen molar-refractivity contribution in [1.29, 1.82) is 0 Å². The number of hydrogen-bond acceptors (Lipinski definition) is 0. The Morgan fingerprint density at radius 2 is 1.27 bits per heavy atom. The summed E-state index contributed by atoms with van der Waals surface area (Å²) in [5.41, 5.74) is 6.92. The first kappa shape index (κ1) is 16.3. The van der Waals surface area contributed by atoms with E-state index in [1.54, 1.807) is 0 Å². The highest BCUT2D eigenvalue weighted by Crippen LogP contribution is 2.41. The van der Waals surface area contributed by atoms with Crippen molar-refractivity contribution < 1.29 is 0 Å². The van der Waals surface area contributed by atoms with E-state index >= 15 is 0 Å². The molecule has 0 radical (unpaired) electrons. The van der Waals surface area contributed by atoms with Crippen LogP contribution in [0.1, 0.15) is 52.1 Å². The molecule has 0 heterocycles. The summed E-state index contributed by atoms with van der Waals surface area (Å²) in [6.07, 6.45) is 2.52. The summed E-state index contributed by atoms with van der Waals surface area (Å²) < 4.78 is 0. The van der Waals surface area contributed by atoms with Gasteiger partial charge in [-0.05, 0) is 73.7 Å². The molecule has 0 N–H and O–H groups in total. The molecule has 4 rings (SSSR count). The zero-order valence-corrected chi connectivity index (χ0v) is 14.9. The van der Waals surface area contributed by atoms with Gasteiger partial charge in [0.15, 0.2) is 0 Å². The number of aryl methyl sites for hydroxylation is 1. The van der Waals surface area contributed by atoms with Gasteiger partial charge in [-0.25, -0.2) is 0 Å². The Hall–Kier alpha value is -3.22. The second kappa shape index (κ2) is 7.35. The topological polar surface area (TPSA) is 0 Å². The molecule has 1 saturated carbocycles. The maximum absolute atomic E-state index is 3.36. The van der Waals surface area contributed by atoms with Gasteiger partial charge < -0.3 is 0 Å². The first-order chi connectivity index (χ1) is 12.8. The Morgan fingerprint density at radius 3 is 2.00 bits per heavy atom. The highest BCUT2D eigenvalue weighted by atomic mass is 14.3. The van der Waals surface area contributed by atoms with E-state index in [4.69, 9.17) is 0 Å². The molecule has 0 heteroatoms. The van der Waals surface area contributed by atoms with Gasteiger partial charge in [-0.2, -0.15) is 0 Å². The number of hydrogen-bond donors (Lipinski definition) is 0. The molecule has 3 aromatic rings. The summed E-state index contributed by atoms with van der Waals surface area (Å²) in [7, 11) is 0. The normalized spacial score (nSPS) is 12.5. The van der Waals surface area contributed by atoms with Gasteiger partial charge in [0, 0.05) is 22.3 Å². The molecule has 0 unspecified atom stereocenters. The molecular weight excluding hydrogens is 312 g/mol. The molecule has 1 aliphatic rings. The fraction of sp³-hybridized carbons (Fsp3) is 0.154. The zero-order valence-electron chi connectivity index (χ0n) is 14.9. The quantitative estimate of drug-likeness (QED) is 0.504. The SMILES string of the molecule is Cc1ccc(C#Cc2ccc(C#Cc3ccccc3)c(C3CC3)c2)cc1. The van der Waals surface area contributed by atoms with Crippen molar-refractivity contribution in [2.75, 3.05) is 0 Å². The molecule has 26 heavy (non-hydrogen) atoms. The minimum absolute atomic E-state index is 0.649. The van der Waals surface area contributed by atoms with E-state index in [0.717, 1.165) is 22.3 Å². The lowest BCUT2D eigenvalue weighted by molar-refractivity contribution is 1.12. The number of rotatable bonds is 1. The highest BCUT2D eigenvalue weighted by molar-refractivity contribution is 5.53. The second-order valence-corrected chi connectivity index (χ2v) is 6.81. The molecule has 0 bridgehead atoms. The first-order valence-electron chi connectivity index (χ1n) is 9.08. The van der Waals surface area contributed by atoms with Crippen LogP contribution in [-0.2, 0) is 0 Å². The van der Waals surface area contributed by atoms with Crippen molar-refractivity contribution in [2.24, 2.45) is 0 Å². The van der Waals surface area contributed by atoms with E-state index in [1.165, 1.54) is 24.0 Å². The van der Waals surface area contributed by atoms with Gasteiger partial charge in [-0.1, -0.05) is 59.6 Å². The van der Waals surface area contributed by atoms with Crippen LogP contribution in [0.2, 0.25) is 0 Å². The Balaban J connectivity index is 1.63. The predicted octanol–water partition coefficient (Wildman–Crippen LogP) is 5.67. The maximum atomic E-state index is 3.36. The van der Waals surface area contributed by atoms with Crippen molar-refractivity contribution in [2.45, 2.75) is 25.7 Å². The van der Waals surface area contributed by atoms with Crippen molar-refractivity contribution in [3.05, 3.63) is 106 Å². The minimum atomic E-state index is 0.649. The molecule has 1 aliphatic carbocycles. The van der Waals surface area contributed by atoms with Crippen LogP contribution >= 0.6 is 0 Å². The summed E-state index contributed by atoms with van der Waals surface area (Å²) >= 11 is 0. The van der Waals surface area contributed by atoms with Crippen molar-refractivity contribution in [3.8, 4) is 23.7 Å². The van der Waals surface area contributed by atoms with Gasteiger partial charge in [-0.15, -0.1) is 0 Å². The van der Waals surface area contributed by atoms with Crippen LogP contribution in [0.3, 0.4) is 0 Å². The van der Waals surface area contributed by atoms with Gasteiger partial charge in [0.25, 0.3) is 0 Å². The summed E-state index contributed by atoms with van der Waals surface area (Å²) in [6, 6.07) is 24.9. The van der Waals surface area contributed by atoms with E-state index in [1.807, 2.05) is 30.3 Å². The van der Waals surface area contributed by atoms with E-state index < -0.39 is 0 Å². The standard InChI is InChI=1S/C26H20/c1-20-7-9-22(10-8-20)11-12-23-14-16-24(26(19-23)25-17-18-25)15-13-21-5-3-2-4-6-21/h2-10,14,16,19,25H,17-18H2,1H3. The van der Waals surface area contributed by atoms with Crippen LogP contribution in [0.5, 0.6) is 0 Å². The molecule has 0 aliphatic heterocycles. The Kier molecular flexibility index (Phi) is 4.59. The molecule has 0 atom stereocenters. The lowest BCUT2D eigenvalue weighted by atomic mass is 10.00. The van der Waals surface area contributed by atoms with Gasteiger partial charge >= 0.3 is 0 Å². The minimum Gasteiger partial charge on any atom is -0.0622 e. The van der Waals surface area contributed by atoms with E-state index in [0.29, 0.717) is 5.92 Å². The van der Waals surface area contributed by atoms with Crippen LogP contribution in [0.25, 0.3) is 0 Å². The molecule has 3 aromatic carbocycles. The maximum Gasteiger partial charge on any atom is 0.0284 e. The second-order valence-electron chi connectivity index (χ2n) is 6.81. The van der Waals surface area contributed by atoms with Crippen molar-refractivity contribution in [1.82, 2.24) is 0 Å². The number of benzene rings is 3. The molecule has 124 valence electrons. The van der Waals surface area contributed by atoms with Crippen LogP contribution in [0, 0.1) is 30.6 Å². The van der Waals surface area contributed by atoms with Gasteiger partial charge in [-0.3, -0.25) is 0 Å². The smallest absolute Gasteiger partial charge is 0.0284 e. The third kappa shape index (κ3) is 4.05. The van der Waals surface area contributed by atoms with Gasteiger partial charge in [0.2, 0.25) is 0 Å². The fourth-order valence-corrected chi connectivity index (χ4v) is 2.93. The molecule has 0 saturated heterocycles. The molecular formula is C26H20. The van der Waals surface area contributed by atoms with E-state index in [2.05, 4.69) is 73.1 Å². The summed E-state index contributed by atoms with van der Waals surface area (Å²) in [6.45, 7) is 2.09. The highest BCUT2D eigenvalue weighted by Gasteiger charge is 2.25. The van der Waals surface area contributed by atoms with Crippen molar-refractivity contribution in [3.63, 3.8) is 0 Å². The predicted molar refractivity (Wildman–Crippen MR) is 108 cm³/mol. The van der Waals surface area contributed by atoms with Crippen LogP contribution < -0.4 is 0 Å². The molecule has 0 aromatic heterocycles. The summed E-state index contributed by atoms with van der Waals surface area (Å²) in [4.78, 5) is 0. The van der Waals surface area contributed by atoms with Crippen LogP contribution in [0.4, 0.5) is 0 Å². The average Bonchev–Trinajstić information content (AvgIpc) is 3.52. The summed E-state index contributed by atoms with van der Waals surface area (Å²) in [5.74, 6) is 13.9. The molecule has 0 nitrogen and oxygen atoms in total. The largest absolute Gasteiger partial charge is 0.0622 e. The molecule has 0 spiro atoms. The van der Waals surface area contributed by atoms with E-state index in [9.17, 15) is 0 Å². The monoisotopic (exact) mass is 332 g/mol. The lowest BCUT2D eigenvalue weighted by Gasteiger charge is -2.03. The lowest BCUT2D eigenvalue weighted by Crippen LogP contribution is -1.89. The molecule has 1 fully saturated rings. The third-order valence-corrected chi connectivity index (χ3v) is 4.59. The Morgan fingerprint density at radius 1 is 0.654 bits per heavy atom. The van der Waals surface area contributed by atoms with Gasteiger partial charge in [0.1, 0.15) is 0 Å². The van der Waals surface area contributed by atoms with E-state index in [-0.39, 0.29) is 0 Å². The van der Waals surface area contributed by atoms with Gasteiger partial charge in [0.05, 0.1) is 0 Å². The average molecular weight is 332 g/mol. The van der Waals surface area contributed by atoms with Crippen LogP contribution in [-0.4, -0.2) is 0 Å². The first-order valence-corrected chi connectivity index (χ1v) is 9.08. The fourth-order valence-electron chi connectivity index (χ4n) is 2.93. The zero-order chi connectivity index (χ0) is 17.8.